The van der Waals surface area contributed by atoms with Crippen LogP contribution in [0.4, 0.5) is 0 Å². The molecule has 1 N–H and O–H groups in total. The number of benzene rings is 1. The van der Waals surface area contributed by atoms with Gasteiger partial charge in [-0.15, -0.1) is 11.3 Å². The van der Waals surface area contributed by atoms with Gasteiger partial charge >= 0.3 is 0 Å². The Morgan fingerprint density at radius 2 is 2.00 bits per heavy atom. The maximum Gasteiger partial charge on any atom is 0.128 e. The number of nitrogens with one attached hydrogen (secondary N) is 1. The maximum absolute atomic E-state index is 6.02. The molecule has 4 heteroatoms. The zero-order valence-corrected chi connectivity index (χ0v) is 13.7. The van der Waals surface area contributed by atoms with E-state index < -0.39 is 0 Å². The summed E-state index contributed by atoms with van der Waals surface area (Å²) in [5.41, 5.74) is 1.09. The average molecular weight is 305 g/mol. The summed E-state index contributed by atoms with van der Waals surface area (Å²) in [7, 11) is 1.70. The van der Waals surface area contributed by atoms with E-state index in [1.54, 1.807) is 18.4 Å². The predicted octanol–water partition coefficient (Wildman–Crippen LogP) is 4.40. The van der Waals surface area contributed by atoms with Crippen LogP contribution >= 0.6 is 11.3 Å². The second-order valence-corrected chi connectivity index (χ2v) is 5.95. The van der Waals surface area contributed by atoms with Crippen molar-refractivity contribution in [3.05, 3.63) is 46.2 Å². The van der Waals surface area contributed by atoms with E-state index in [-0.39, 0.29) is 6.04 Å². The molecule has 2 aromatic rings. The van der Waals surface area contributed by atoms with E-state index >= 15 is 0 Å². The fraction of sp³-hybridized carbons (Fsp3) is 0.412. The van der Waals surface area contributed by atoms with Crippen molar-refractivity contribution in [2.45, 2.75) is 32.9 Å². The Balaban J connectivity index is 2.18. The predicted molar refractivity (Wildman–Crippen MR) is 88.4 cm³/mol. The van der Waals surface area contributed by atoms with Crippen LogP contribution in [-0.2, 0) is 6.61 Å². The lowest BCUT2D eigenvalue weighted by Gasteiger charge is -2.20. The first kappa shape index (κ1) is 15.9. The van der Waals surface area contributed by atoms with Crippen LogP contribution in [0.25, 0.3) is 0 Å². The van der Waals surface area contributed by atoms with Crippen molar-refractivity contribution in [2.24, 2.45) is 0 Å². The highest BCUT2D eigenvalue weighted by Gasteiger charge is 2.17. The molecule has 0 aliphatic rings. The smallest absolute Gasteiger partial charge is 0.128 e. The van der Waals surface area contributed by atoms with E-state index in [2.05, 4.69) is 30.6 Å². The molecule has 0 aliphatic carbocycles. The van der Waals surface area contributed by atoms with E-state index in [0.717, 1.165) is 30.0 Å². The van der Waals surface area contributed by atoms with Crippen molar-refractivity contribution >= 4 is 11.3 Å². The Labute approximate surface area is 130 Å². The third kappa shape index (κ3) is 4.22. The van der Waals surface area contributed by atoms with Gasteiger partial charge in [0.15, 0.2) is 0 Å². The third-order valence-electron chi connectivity index (χ3n) is 3.33. The summed E-state index contributed by atoms with van der Waals surface area (Å²) in [5.74, 6) is 1.76. The van der Waals surface area contributed by atoms with Gasteiger partial charge in [-0.2, -0.15) is 0 Å². The normalized spacial score (nSPS) is 12.1. The zero-order valence-electron chi connectivity index (χ0n) is 12.9. The van der Waals surface area contributed by atoms with Crippen molar-refractivity contribution in [1.82, 2.24) is 5.32 Å². The second kappa shape index (κ2) is 8.05. The molecule has 0 bridgehead atoms. The number of ether oxygens (including phenoxy) is 2. The monoisotopic (exact) mass is 305 g/mol. The lowest BCUT2D eigenvalue weighted by molar-refractivity contribution is 0.298. The summed E-state index contributed by atoms with van der Waals surface area (Å²) in [6.45, 7) is 5.88. The Hall–Kier alpha value is -1.52. The van der Waals surface area contributed by atoms with E-state index in [1.165, 1.54) is 4.88 Å². The summed E-state index contributed by atoms with van der Waals surface area (Å²) in [6.07, 6.45) is 1.10. The lowest BCUT2D eigenvalue weighted by Crippen LogP contribution is -2.20. The van der Waals surface area contributed by atoms with Crippen molar-refractivity contribution in [2.75, 3.05) is 13.7 Å². The van der Waals surface area contributed by atoms with Crippen LogP contribution in [0.5, 0.6) is 11.5 Å². The molecule has 1 aromatic heterocycles. The molecular weight excluding hydrogens is 282 g/mol. The summed E-state index contributed by atoms with van der Waals surface area (Å²) in [4.78, 5) is 1.22. The fourth-order valence-electron chi connectivity index (χ4n) is 2.26. The van der Waals surface area contributed by atoms with Gasteiger partial charge in [-0.05, 0) is 43.5 Å². The highest BCUT2D eigenvalue weighted by Crippen LogP contribution is 2.34. The molecule has 0 radical (unpaired) electrons. The SMILES string of the molecule is CCCNC(C)c1c(OC)cccc1OCc1cccs1. The van der Waals surface area contributed by atoms with Gasteiger partial charge in [-0.25, -0.2) is 0 Å². The summed E-state index contributed by atoms with van der Waals surface area (Å²) in [6, 6.07) is 10.3. The van der Waals surface area contributed by atoms with Gasteiger partial charge in [0.05, 0.1) is 12.7 Å². The number of rotatable bonds is 8. The number of hydrogen-bond donors (Lipinski definition) is 1. The Bertz CT molecular complexity index is 540. The van der Waals surface area contributed by atoms with Crippen molar-refractivity contribution in [3.63, 3.8) is 0 Å². The molecule has 1 aromatic carbocycles. The lowest BCUT2D eigenvalue weighted by atomic mass is 10.1. The van der Waals surface area contributed by atoms with Crippen molar-refractivity contribution < 1.29 is 9.47 Å². The van der Waals surface area contributed by atoms with E-state index in [9.17, 15) is 0 Å². The second-order valence-electron chi connectivity index (χ2n) is 4.92. The molecule has 1 unspecified atom stereocenters. The van der Waals surface area contributed by atoms with Crippen LogP contribution < -0.4 is 14.8 Å². The molecule has 0 saturated heterocycles. The van der Waals surface area contributed by atoms with Crippen LogP contribution in [0.3, 0.4) is 0 Å². The van der Waals surface area contributed by atoms with E-state index in [4.69, 9.17) is 9.47 Å². The molecule has 1 atom stereocenters. The van der Waals surface area contributed by atoms with Crippen LogP contribution in [0.2, 0.25) is 0 Å². The topological polar surface area (TPSA) is 30.5 Å². The highest BCUT2D eigenvalue weighted by molar-refractivity contribution is 7.09. The summed E-state index contributed by atoms with van der Waals surface area (Å²) >= 11 is 1.71. The first-order chi connectivity index (χ1) is 10.3. The largest absolute Gasteiger partial charge is 0.496 e. The molecule has 2 rings (SSSR count). The fourth-order valence-corrected chi connectivity index (χ4v) is 2.88. The quantitative estimate of drug-likeness (QED) is 0.784. The molecule has 0 spiro atoms. The molecule has 114 valence electrons. The molecule has 0 amide bonds. The van der Waals surface area contributed by atoms with Gasteiger partial charge in [-0.1, -0.05) is 19.1 Å². The van der Waals surface area contributed by atoms with E-state index in [0.29, 0.717) is 6.61 Å². The Morgan fingerprint density at radius 1 is 1.19 bits per heavy atom. The molecule has 0 aliphatic heterocycles. The van der Waals surface area contributed by atoms with Gasteiger partial charge < -0.3 is 14.8 Å². The minimum Gasteiger partial charge on any atom is -0.496 e. The molecule has 1 heterocycles. The summed E-state index contributed by atoms with van der Waals surface area (Å²) < 4.78 is 11.5. The Kier molecular flexibility index (Phi) is 6.08. The average Bonchev–Trinajstić information content (AvgIpc) is 3.03. The third-order valence-corrected chi connectivity index (χ3v) is 4.18. The van der Waals surface area contributed by atoms with Gasteiger partial charge in [0, 0.05) is 10.9 Å². The Morgan fingerprint density at radius 3 is 2.67 bits per heavy atom. The van der Waals surface area contributed by atoms with Gasteiger partial charge in [0.2, 0.25) is 0 Å². The van der Waals surface area contributed by atoms with E-state index in [1.807, 2.05) is 24.3 Å². The molecule has 3 nitrogen and oxygen atoms in total. The van der Waals surface area contributed by atoms with Crippen LogP contribution in [0.15, 0.2) is 35.7 Å². The van der Waals surface area contributed by atoms with Crippen molar-refractivity contribution in [1.29, 1.82) is 0 Å². The standard InChI is InChI=1S/C17H23NO2S/c1-4-10-18-13(2)17-15(19-3)8-5-9-16(17)20-12-14-7-6-11-21-14/h5-9,11,13,18H,4,10,12H2,1-3H3. The maximum atomic E-state index is 6.02. The molecular formula is C17H23NO2S. The van der Waals surface area contributed by atoms with Gasteiger partial charge in [-0.3, -0.25) is 0 Å². The number of thiophene rings is 1. The first-order valence-electron chi connectivity index (χ1n) is 7.31. The van der Waals surface area contributed by atoms with Crippen LogP contribution in [0, 0.1) is 0 Å². The number of hydrogen-bond acceptors (Lipinski definition) is 4. The first-order valence-corrected chi connectivity index (χ1v) is 8.19. The summed E-state index contributed by atoms with van der Waals surface area (Å²) in [5, 5.41) is 5.57. The highest BCUT2D eigenvalue weighted by atomic mass is 32.1. The van der Waals surface area contributed by atoms with Crippen molar-refractivity contribution in [3.8, 4) is 11.5 Å². The number of methoxy groups -OCH3 is 1. The van der Waals surface area contributed by atoms with Crippen LogP contribution in [0.1, 0.15) is 36.8 Å². The van der Waals surface area contributed by atoms with Gasteiger partial charge in [0.25, 0.3) is 0 Å². The van der Waals surface area contributed by atoms with Crippen LogP contribution in [-0.4, -0.2) is 13.7 Å². The minimum absolute atomic E-state index is 0.194. The zero-order chi connectivity index (χ0) is 15.1. The molecule has 0 fully saturated rings. The van der Waals surface area contributed by atoms with Gasteiger partial charge in [0.1, 0.15) is 18.1 Å². The minimum atomic E-state index is 0.194. The molecule has 0 saturated carbocycles. The molecule has 21 heavy (non-hydrogen) atoms.